The van der Waals surface area contributed by atoms with Gasteiger partial charge in [0.2, 0.25) is 0 Å². The predicted octanol–water partition coefficient (Wildman–Crippen LogP) is 4.78. The molecule has 0 bridgehead atoms. The first-order valence-corrected chi connectivity index (χ1v) is 7.41. The van der Waals surface area contributed by atoms with Crippen LogP contribution in [0.2, 0.25) is 0 Å². The van der Waals surface area contributed by atoms with Gasteiger partial charge in [-0.2, -0.15) is 0 Å². The molecule has 0 aromatic heterocycles. The van der Waals surface area contributed by atoms with E-state index < -0.39 is 0 Å². The van der Waals surface area contributed by atoms with Crippen LogP contribution in [0.3, 0.4) is 0 Å². The van der Waals surface area contributed by atoms with Crippen LogP contribution in [0.5, 0.6) is 0 Å². The predicted molar refractivity (Wildman–Crippen MR) is 92.5 cm³/mol. The second-order valence-corrected chi connectivity index (χ2v) is 5.11. The Morgan fingerprint density at radius 1 is 0.636 bits per heavy atom. The molecule has 3 rings (SSSR count). The van der Waals surface area contributed by atoms with Gasteiger partial charge in [-0.15, -0.1) is 0 Å². The molecule has 1 nitrogen and oxygen atoms in total. The molecule has 108 valence electrons. The van der Waals surface area contributed by atoms with Gasteiger partial charge in [0.25, 0.3) is 0 Å². The highest BCUT2D eigenvalue weighted by Gasteiger charge is 2.05. The van der Waals surface area contributed by atoms with Crippen LogP contribution in [0, 0.1) is 0 Å². The standard InChI is InChI=1S/C21H18O/c22-16-15-21(19-9-5-2-6-10-19)20-13-11-18(12-14-20)17-7-3-1-4-8-17/h1-15,22H,16H2/b21-15+. The van der Waals surface area contributed by atoms with Gasteiger partial charge in [-0.1, -0.05) is 91.0 Å². The fourth-order valence-electron chi connectivity index (χ4n) is 2.58. The number of hydrogen-bond acceptors (Lipinski definition) is 1. The van der Waals surface area contributed by atoms with Crippen molar-refractivity contribution in [1.29, 1.82) is 0 Å². The highest BCUT2D eigenvalue weighted by atomic mass is 16.2. The maximum absolute atomic E-state index is 9.32. The second kappa shape index (κ2) is 6.88. The summed E-state index contributed by atoms with van der Waals surface area (Å²) < 4.78 is 0. The number of aliphatic hydroxyl groups excluding tert-OH is 1. The molecule has 0 saturated carbocycles. The second-order valence-electron chi connectivity index (χ2n) is 5.11. The summed E-state index contributed by atoms with van der Waals surface area (Å²) in [4.78, 5) is 0. The van der Waals surface area contributed by atoms with Gasteiger partial charge in [0.15, 0.2) is 0 Å². The van der Waals surface area contributed by atoms with Crippen LogP contribution in [-0.4, -0.2) is 11.7 Å². The summed E-state index contributed by atoms with van der Waals surface area (Å²) in [5.74, 6) is 0. The van der Waals surface area contributed by atoms with Gasteiger partial charge < -0.3 is 5.11 Å². The summed E-state index contributed by atoms with van der Waals surface area (Å²) in [5.41, 5.74) is 5.69. The number of rotatable bonds is 4. The van der Waals surface area contributed by atoms with Crippen LogP contribution in [0.1, 0.15) is 11.1 Å². The third-order valence-corrected chi connectivity index (χ3v) is 3.68. The quantitative estimate of drug-likeness (QED) is 0.732. The topological polar surface area (TPSA) is 20.2 Å². The minimum atomic E-state index is 0.0324. The lowest BCUT2D eigenvalue weighted by Gasteiger charge is -2.09. The molecule has 0 heterocycles. The summed E-state index contributed by atoms with van der Waals surface area (Å²) in [6, 6.07) is 28.9. The molecule has 1 heteroatoms. The molecular formula is C21H18O. The van der Waals surface area contributed by atoms with Crippen molar-refractivity contribution < 1.29 is 5.11 Å². The van der Waals surface area contributed by atoms with E-state index in [1.807, 2.05) is 42.5 Å². The summed E-state index contributed by atoms with van der Waals surface area (Å²) in [7, 11) is 0. The molecule has 3 aromatic rings. The van der Waals surface area contributed by atoms with E-state index in [0.717, 1.165) is 16.7 Å². The molecule has 1 N–H and O–H groups in total. The third kappa shape index (κ3) is 3.16. The monoisotopic (exact) mass is 286 g/mol. The molecule has 0 atom stereocenters. The van der Waals surface area contributed by atoms with Crippen molar-refractivity contribution in [3.63, 3.8) is 0 Å². The zero-order valence-electron chi connectivity index (χ0n) is 12.3. The lowest BCUT2D eigenvalue weighted by atomic mass is 9.95. The Hall–Kier alpha value is -2.64. The molecular weight excluding hydrogens is 268 g/mol. The van der Waals surface area contributed by atoms with E-state index >= 15 is 0 Å². The van der Waals surface area contributed by atoms with Crippen molar-refractivity contribution in [1.82, 2.24) is 0 Å². The van der Waals surface area contributed by atoms with Crippen LogP contribution in [0.15, 0.2) is 91.0 Å². The largest absolute Gasteiger partial charge is 0.392 e. The first-order chi connectivity index (χ1) is 10.9. The van der Waals surface area contributed by atoms with E-state index in [2.05, 4.69) is 48.5 Å². The SMILES string of the molecule is OC/C=C(\c1ccccc1)c1ccc(-c2ccccc2)cc1. The normalized spacial score (nSPS) is 11.4. The molecule has 0 spiro atoms. The average Bonchev–Trinajstić information content (AvgIpc) is 2.61. The van der Waals surface area contributed by atoms with Gasteiger partial charge in [-0.05, 0) is 27.8 Å². The van der Waals surface area contributed by atoms with Gasteiger partial charge in [0.1, 0.15) is 0 Å². The summed E-state index contributed by atoms with van der Waals surface area (Å²) in [5, 5.41) is 9.32. The maximum Gasteiger partial charge on any atom is 0.0621 e. The van der Waals surface area contributed by atoms with E-state index in [-0.39, 0.29) is 6.61 Å². The highest BCUT2D eigenvalue weighted by molar-refractivity contribution is 5.81. The molecule has 0 saturated heterocycles. The number of aliphatic hydroxyl groups is 1. The molecule has 0 radical (unpaired) electrons. The van der Waals surface area contributed by atoms with Gasteiger partial charge >= 0.3 is 0 Å². The van der Waals surface area contributed by atoms with Crippen LogP contribution in [0.25, 0.3) is 16.7 Å². The lowest BCUT2D eigenvalue weighted by molar-refractivity contribution is 0.343. The summed E-state index contributed by atoms with van der Waals surface area (Å²) in [6.45, 7) is 0.0324. The first-order valence-electron chi connectivity index (χ1n) is 7.41. The minimum Gasteiger partial charge on any atom is -0.392 e. The van der Waals surface area contributed by atoms with Crippen LogP contribution in [0.4, 0.5) is 0 Å². The van der Waals surface area contributed by atoms with Gasteiger partial charge in [0.05, 0.1) is 6.61 Å². The summed E-state index contributed by atoms with van der Waals surface area (Å²) >= 11 is 0. The van der Waals surface area contributed by atoms with Gasteiger partial charge in [-0.3, -0.25) is 0 Å². The molecule has 0 fully saturated rings. The Balaban J connectivity index is 1.96. The highest BCUT2D eigenvalue weighted by Crippen LogP contribution is 2.26. The Bertz CT molecular complexity index is 741. The van der Waals surface area contributed by atoms with Crippen molar-refractivity contribution >= 4 is 5.57 Å². The van der Waals surface area contributed by atoms with Crippen molar-refractivity contribution in [2.45, 2.75) is 0 Å². The molecule has 0 aliphatic heterocycles. The van der Waals surface area contributed by atoms with Crippen molar-refractivity contribution in [2.75, 3.05) is 6.61 Å². The molecule has 0 amide bonds. The summed E-state index contributed by atoms with van der Waals surface area (Å²) in [6.07, 6.45) is 1.85. The van der Waals surface area contributed by atoms with Crippen LogP contribution < -0.4 is 0 Å². The van der Waals surface area contributed by atoms with E-state index in [4.69, 9.17) is 0 Å². The van der Waals surface area contributed by atoms with E-state index in [1.165, 1.54) is 11.1 Å². The fourth-order valence-corrected chi connectivity index (χ4v) is 2.58. The number of hydrogen-bond donors (Lipinski definition) is 1. The van der Waals surface area contributed by atoms with Crippen molar-refractivity contribution in [3.8, 4) is 11.1 Å². The lowest BCUT2D eigenvalue weighted by Crippen LogP contribution is -1.90. The average molecular weight is 286 g/mol. The Labute approximate surface area is 131 Å². The molecule has 0 unspecified atom stereocenters. The Morgan fingerprint density at radius 3 is 1.73 bits per heavy atom. The fraction of sp³-hybridized carbons (Fsp3) is 0.0476. The molecule has 0 aliphatic rings. The smallest absolute Gasteiger partial charge is 0.0621 e. The number of benzene rings is 3. The molecule has 3 aromatic carbocycles. The van der Waals surface area contributed by atoms with Gasteiger partial charge in [0, 0.05) is 0 Å². The van der Waals surface area contributed by atoms with Crippen molar-refractivity contribution in [3.05, 3.63) is 102 Å². The minimum absolute atomic E-state index is 0.0324. The Kier molecular flexibility index (Phi) is 4.47. The molecule has 22 heavy (non-hydrogen) atoms. The van der Waals surface area contributed by atoms with Crippen LogP contribution >= 0.6 is 0 Å². The van der Waals surface area contributed by atoms with Crippen LogP contribution in [-0.2, 0) is 0 Å². The Morgan fingerprint density at radius 2 is 1.14 bits per heavy atom. The zero-order valence-corrected chi connectivity index (χ0v) is 12.3. The van der Waals surface area contributed by atoms with E-state index in [9.17, 15) is 5.11 Å². The van der Waals surface area contributed by atoms with Gasteiger partial charge in [-0.25, -0.2) is 0 Å². The van der Waals surface area contributed by atoms with E-state index in [1.54, 1.807) is 0 Å². The zero-order chi connectivity index (χ0) is 15.2. The van der Waals surface area contributed by atoms with E-state index in [0.29, 0.717) is 0 Å². The first kappa shape index (κ1) is 14.3. The maximum atomic E-state index is 9.32. The molecule has 0 aliphatic carbocycles. The van der Waals surface area contributed by atoms with Crippen molar-refractivity contribution in [2.24, 2.45) is 0 Å². The third-order valence-electron chi connectivity index (χ3n) is 3.68.